The summed E-state index contributed by atoms with van der Waals surface area (Å²) in [5.41, 5.74) is 4.67. The predicted molar refractivity (Wildman–Crippen MR) is 121 cm³/mol. The maximum absolute atomic E-state index is 9.73. The molecule has 0 aliphatic carbocycles. The van der Waals surface area contributed by atoms with Crippen molar-refractivity contribution in [3.63, 3.8) is 0 Å². The van der Waals surface area contributed by atoms with Gasteiger partial charge in [0.15, 0.2) is 0 Å². The van der Waals surface area contributed by atoms with Crippen molar-refractivity contribution in [2.45, 2.75) is 46.3 Å². The third kappa shape index (κ3) is 5.01. The fourth-order valence-electron chi connectivity index (χ4n) is 3.15. The maximum Gasteiger partial charge on any atom is 0.130 e. The molecule has 146 valence electrons. The van der Waals surface area contributed by atoms with Crippen LogP contribution in [0.3, 0.4) is 0 Å². The fraction of sp³-hybridized carbons (Fsp3) is 0.280. The van der Waals surface area contributed by atoms with Gasteiger partial charge in [-0.25, -0.2) is 0 Å². The summed E-state index contributed by atoms with van der Waals surface area (Å²) in [5, 5.41) is 12.1. The Hall–Kier alpha value is -2.15. The molecule has 0 aromatic heterocycles. The predicted octanol–water partition coefficient (Wildman–Crippen LogP) is 4.99. The molecular weight excluding hydrogens is 363 g/mol. The minimum absolute atomic E-state index is 0.0569. The smallest absolute Gasteiger partial charge is 0.130 e. The monoisotopic (exact) mass is 392 g/mol. The molecule has 28 heavy (non-hydrogen) atoms. The standard InChI is InChI=1S/C25H29O2P/c1-18-14-21(25(2,3)4)15-23(28-22-13-9-8-12-20(22)16-26)24(18)27-17-19-10-6-5-7-11-19/h5-15,26,28H,16-17H2,1-4H3. The highest BCUT2D eigenvalue weighted by molar-refractivity contribution is 7.55. The highest BCUT2D eigenvalue weighted by Crippen LogP contribution is 2.31. The van der Waals surface area contributed by atoms with Crippen LogP contribution in [-0.2, 0) is 18.6 Å². The van der Waals surface area contributed by atoms with Gasteiger partial charge in [-0.15, -0.1) is 0 Å². The van der Waals surface area contributed by atoms with E-state index < -0.39 is 0 Å². The first-order chi connectivity index (χ1) is 13.4. The molecule has 3 heteroatoms. The first-order valence-corrected chi connectivity index (χ1v) is 10.7. The molecule has 0 aliphatic rings. The number of aliphatic hydroxyl groups is 1. The van der Waals surface area contributed by atoms with Gasteiger partial charge in [0, 0.05) is 5.30 Å². The molecule has 3 rings (SSSR count). The van der Waals surface area contributed by atoms with Crippen LogP contribution in [0.2, 0.25) is 0 Å². The summed E-state index contributed by atoms with van der Waals surface area (Å²) in [6.07, 6.45) is 0. The second-order valence-corrected chi connectivity index (χ2v) is 9.46. The van der Waals surface area contributed by atoms with Crippen molar-refractivity contribution >= 4 is 19.2 Å². The van der Waals surface area contributed by atoms with Crippen LogP contribution in [0.5, 0.6) is 5.75 Å². The maximum atomic E-state index is 9.73. The number of rotatable bonds is 6. The molecule has 3 aromatic rings. The lowest BCUT2D eigenvalue weighted by molar-refractivity contribution is 0.283. The Bertz CT molecular complexity index is 927. The Kier molecular flexibility index (Phi) is 6.54. The van der Waals surface area contributed by atoms with Crippen LogP contribution in [0, 0.1) is 6.92 Å². The fourth-order valence-corrected chi connectivity index (χ4v) is 4.55. The topological polar surface area (TPSA) is 29.5 Å². The molecule has 0 amide bonds. The van der Waals surface area contributed by atoms with Crippen molar-refractivity contribution in [3.05, 3.63) is 89.0 Å². The van der Waals surface area contributed by atoms with E-state index in [1.165, 1.54) is 16.2 Å². The quantitative estimate of drug-likeness (QED) is 0.599. The molecule has 0 fully saturated rings. The van der Waals surface area contributed by atoms with E-state index in [4.69, 9.17) is 4.74 Å². The molecule has 1 atom stereocenters. The summed E-state index contributed by atoms with van der Waals surface area (Å²) in [4.78, 5) is 0. The van der Waals surface area contributed by atoms with Crippen LogP contribution in [0.1, 0.15) is 43.0 Å². The lowest BCUT2D eigenvalue weighted by Gasteiger charge is -2.24. The highest BCUT2D eigenvalue weighted by atomic mass is 31.1. The van der Waals surface area contributed by atoms with Crippen LogP contribution in [0.25, 0.3) is 0 Å². The van der Waals surface area contributed by atoms with Gasteiger partial charge in [0.1, 0.15) is 12.4 Å². The van der Waals surface area contributed by atoms with Gasteiger partial charge in [-0.3, -0.25) is 0 Å². The Balaban J connectivity index is 1.99. The average molecular weight is 392 g/mol. The second-order valence-electron chi connectivity index (χ2n) is 8.13. The van der Waals surface area contributed by atoms with Crippen LogP contribution in [-0.4, -0.2) is 5.11 Å². The van der Waals surface area contributed by atoms with Crippen molar-refractivity contribution in [2.75, 3.05) is 0 Å². The Morgan fingerprint density at radius 1 is 0.893 bits per heavy atom. The van der Waals surface area contributed by atoms with Crippen molar-refractivity contribution in [1.82, 2.24) is 0 Å². The van der Waals surface area contributed by atoms with E-state index in [9.17, 15) is 5.11 Å². The van der Waals surface area contributed by atoms with E-state index in [0.29, 0.717) is 15.2 Å². The molecule has 0 bridgehead atoms. The normalized spacial score (nSPS) is 11.9. The van der Waals surface area contributed by atoms with Crippen molar-refractivity contribution in [3.8, 4) is 5.75 Å². The third-order valence-electron chi connectivity index (χ3n) is 4.82. The van der Waals surface area contributed by atoms with E-state index in [1.54, 1.807) is 0 Å². The lowest BCUT2D eigenvalue weighted by atomic mass is 9.86. The van der Waals surface area contributed by atoms with E-state index >= 15 is 0 Å². The summed E-state index contributed by atoms with van der Waals surface area (Å²) in [5.74, 6) is 0.961. The number of ether oxygens (including phenoxy) is 1. The lowest BCUT2D eigenvalue weighted by Crippen LogP contribution is -2.18. The average Bonchev–Trinajstić information content (AvgIpc) is 2.67. The minimum Gasteiger partial charge on any atom is -0.488 e. The van der Waals surface area contributed by atoms with Gasteiger partial charge in [-0.2, -0.15) is 0 Å². The zero-order chi connectivity index (χ0) is 20.1. The van der Waals surface area contributed by atoms with Crippen molar-refractivity contribution in [2.24, 2.45) is 0 Å². The Morgan fingerprint density at radius 3 is 2.25 bits per heavy atom. The van der Waals surface area contributed by atoms with Gasteiger partial charge < -0.3 is 9.84 Å². The minimum atomic E-state index is 0.0569. The van der Waals surface area contributed by atoms with E-state index in [2.05, 4.69) is 58.0 Å². The van der Waals surface area contributed by atoms with Gasteiger partial charge in [0.25, 0.3) is 0 Å². The molecule has 0 heterocycles. The molecule has 0 saturated carbocycles. The van der Waals surface area contributed by atoms with E-state index in [0.717, 1.165) is 22.4 Å². The van der Waals surface area contributed by atoms with E-state index in [1.807, 2.05) is 36.4 Å². The zero-order valence-corrected chi connectivity index (χ0v) is 18.1. The van der Waals surface area contributed by atoms with Crippen molar-refractivity contribution in [1.29, 1.82) is 0 Å². The molecule has 3 aromatic carbocycles. The summed E-state index contributed by atoms with van der Waals surface area (Å²) in [7, 11) is 0.436. The Labute approximate surface area is 170 Å². The van der Waals surface area contributed by atoms with E-state index in [-0.39, 0.29) is 12.0 Å². The SMILES string of the molecule is Cc1cc(C(C)(C)C)cc(Pc2ccccc2CO)c1OCc1ccccc1. The molecule has 1 unspecified atom stereocenters. The first-order valence-electron chi connectivity index (χ1n) is 9.66. The number of hydrogen-bond acceptors (Lipinski definition) is 2. The zero-order valence-electron chi connectivity index (χ0n) is 17.1. The van der Waals surface area contributed by atoms with Gasteiger partial charge in [0.05, 0.1) is 6.61 Å². The number of aliphatic hydroxyl groups excluding tert-OH is 1. The van der Waals surface area contributed by atoms with Crippen LogP contribution in [0.15, 0.2) is 66.7 Å². The van der Waals surface area contributed by atoms with Gasteiger partial charge in [-0.05, 0) is 46.0 Å². The number of aryl methyl sites for hydroxylation is 1. The summed E-state index contributed by atoms with van der Waals surface area (Å²) in [6.45, 7) is 9.45. The van der Waals surface area contributed by atoms with Crippen LogP contribution < -0.4 is 15.3 Å². The molecule has 2 nitrogen and oxygen atoms in total. The van der Waals surface area contributed by atoms with Gasteiger partial charge in [-0.1, -0.05) is 90.0 Å². The molecule has 0 aliphatic heterocycles. The molecule has 0 saturated heterocycles. The molecule has 0 spiro atoms. The van der Waals surface area contributed by atoms with Crippen molar-refractivity contribution < 1.29 is 9.84 Å². The van der Waals surface area contributed by atoms with Crippen LogP contribution in [0.4, 0.5) is 0 Å². The second kappa shape index (κ2) is 8.90. The first kappa shape index (κ1) is 20.6. The Morgan fingerprint density at radius 2 is 1.57 bits per heavy atom. The van der Waals surface area contributed by atoms with Crippen LogP contribution >= 0.6 is 8.58 Å². The summed E-state index contributed by atoms with van der Waals surface area (Å²) in [6, 6.07) is 22.9. The largest absolute Gasteiger partial charge is 0.488 e. The number of benzene rings is 3. The van der Waals surface area contributed by atoms with Gasteiger partial charge in [0.2, 0.25) is 0 Å². The third-order valence-corrected chi connectivity index (χ3v) is 6.22. The summed E-state index contributed by atoms with van der Waals surface area (Å²) < 4.78 is 6.31. The number of hydrogen-bond donors (Lipinski definition) is 1. The highest BCUT2D eigenvalue weighted by Gasteiger charge is 2.19. The summed E-state index contributed by atoms with van der Waals surface area (Å²) >= 11 is 0. The molecule has 0 radical (unpaired) electrons. The molecule has 1 N–H and O–H groups in total. The van der Waals surface area contributed by atoms with Gasteiger partial charge >= 0.3 is 0 Å². The molecular formula is C25H29O2P.